The van der Waals surface area contributed by atoms with Gasteiger partial charge in [0.25, 0.3) is 0 Å². The maximum absolute atomic E-state index is 12.5. The van der Waals surface area contributed by atoms with Crippen LogP contribution in [0.2, 0.25) is 0 Å². The van der Waals surface area contributed by atoms with Crippen molar-refractivity contribution in [3.05, 3.63) is 71.8 Å². The number of nitrogens with one attached hydrogen (secondary N) is 2. The summed E-state index contributed by atoms with van der Waals surface area (Å²) in [5.41, 5.74) is 8.20. The molecule has 0 fully saturated rings. The lowest BCUT2D eigenvalue weighted by molar-refractivity contribution is -0.121. The smallest absolute Gasteiger partial charge is 0.404 e. The van der Waals surface area contributed by atoms with E-state index in [1.165, 1.54) is 0 Å². The minimum Gasteiger partial charge on any atom is -0.465 e. The van der Waals surface area contributed by atoms with Gasteiger partial charge in [0.15, 0.2) is 0 Å². The molecular formula is C21H27N3O3. The first-order valence-corrected chi connectivity index (χ1v) is 9.15. The summed E-state index contributed by atoms with van der Waals surface area (Å²) in [6.45, 7) is 0.739. The molecule has 0 spiro atoms. The number of hydrogen-bond acceptors (Lipinski definition) is 3. The van der Waals surface area contributed by atoms with Crippen molar-refractivity contribution in [2.45, 2.75) is 31.2 Å². The number of nitrogens with two attached hydrogens (primary N) is 1. The van der Waals surface area contributed by atoms with E-state index in [0.29, 0.717) is 32.4 Å². The molecule has 0 aromatic heterocycles. The summed E-state index contributed by atoms with van der Waals surface area (Å²) in [7, 11) is 0. The molecule has 6 heteroatoms. The van der Waals surface area contributed by atoms with Gasteiger partial charge >= 0.3 is 6.09 Å². The second-order valence-corrected chi connectivity index (χ2v) is 6.52. The van der Waals surface area contributed by atoms with E-state index in [1.807, 2.05) is 60.7 Å². The number of hydrogen-bond donors (Lipinski definition) is 4. The number of amides is 2. The molecule has 1 unspecified atom stereocenters. The Morgan fingerprint density at radius 1 is 0.926 bits per heavy atom. The van der Waals surface area contributed by atoms with Crippen LogP contribution in [0.4, 0.5) is 4.79 Å². The Balaban J connectivity index is 1.86. The van der Waals surface area contributed by atoms with E-state index in [-0.39, 0.29) is 17.9 Å². The van der Waals surface area contributed by atoms with E-state index < -0.39 is 6.09 Å². The maximum Gasteiger partial charge on any atom is 0.404 e. The van der Waals surface area contributed by atoms with Gasteiger partial charge in [-0.15, -0.1) is 0 Å². The second-order valence-electron chi connectivity index (χ2n) is 6.52. The fourth-order valence-corrected chi connectivity index (χ4v) is 2.96. The monoisotopic (exact) mass is 369 g/mol. The molecule has 0 saturated carbocycles. The SMILES string of the molecule is NC(CCCNC(=O)O)CNC(=O)CC(c1ccccc1)c1ccccc1. The van der Waals surface area contributed by atoms with Gasteiger partial charge in [0.1, 0.15) is 0 Å². The normalized spacial score (nSPS) is 11.8. The fourth-order valence-electron chi connectivity index (χ4n) is 2.96. The zero-order valence-electron chi connectivity index (χ0n) is 15.3. The van der Waals surface area contributed by atoms with Gasteiger partial charge in [-0.2, -0.15) is 0 Å². The summed E-state index contributed by atoms with van der Waals surface area (Å²) in [5.74, 6) is -0.0600. The highest BCUT2D eigenvalue weighted by Crippen LogP contribution is 2.27. The highest BCUT2D eigenvalue weighted by molar-refractivity contribution is 5.77. The molecule has 0 heterocycles. The first-order chi connectivity index (χ1) is 13.1. The van der Waals surface area contributed by atoms with Gasteiger partial charge in [-0.05, 0) is 24.0 Å². The Morgan fingerprint density at radius 3 is 2.00 bits per heavy atom. The lowest BCUT2D eigenvalue weighted by Crippen LogP contribution is -2.38. The summed E-state index contributed by atoms with van der Waals surface area (Å²) in [6.07, 6.45) is 0.590. The van der Waals surface area contributed by atoms with Gasteiger partial charge < -0.3 is 21.5 Å². The molecule has 2 aromatic carbocycles. The van der Waals surface area contributed by atoms with Crippen LogP contribution < -0.4 is 16.4 Å². The first-order valence-electron chi connectivity index (χ1n) is 9.15. The average molecular weight is 369 g/mol. The zero-order valence-corrected chi connectivity index (χ0v) is 15.3. The Bertz CT molecular complexity index is 668. The van der Waals surface area contributed by atoms with Gasteiger partial charge in [-0.3, -0.25) is 4.79 Å². The number of carbonyl (C=O) groups excluding carboxylic acids is 1. The largest absolute Gasteiger partial charge is 0.465 e. The molecule has 5 N–H and O–H groups in total. The standard InChI is InChI=1S/C21H27N3O3/c22-18(12-7-13-23-21(26)27)15-24-20(25)14-19(16-8-3-1-4-9-16)17-10-5-2-6-11-17/h1-6,8-11,18-19,23H,7,12-15,22H2,(H,24,25)(H,26,27). The van der Waals surface area contributed by atoms with Crippen LogP contribution in [-0.2, 0) is 4.79 Å². The summed E-state index contributed by atoms with van der Waals surface area (Å²) >= 11 is 0. The number of carbonyl (C=O) groups is 2. The van der Waals surface area contributed by atoms with Crippen LogP contribution in [-0.4, -0.2) is 36.2 Å². The summed E-state index contributed by atoms with van der Waals surface area (Å²) in [4.78, 5) is 22.9. The average Bonchev–Trinajstić information content (AvgIpc) is 2.69. The van der Waals surface area contributed by atoms with Crippen molar-refractivity contribution in [2.24, 2.45) is 5.73 Å². The van der Waals surface area contributed by atoms with Crippen molar-refractivity contribution in [1.29, 1.82) is 0 Å². The van der Waals surface area contributed by atoms with Crippen molar-refractivity contribution < 1.29 is 14.7 Å². The third-order valence-corrected chi connectivity index (χ3v) is 4.38. The molecular weight excluding hydrogens is 342 g/mol. The van der Waals surface area contributed by atoms with E-state index in [9.17, 15) is 9.59 Å². The van der Waals surface area contributed by atoms with Gasteiger partial charge in [0, 0.05) is 31.5 Å². The Morgan fingerprint density at radius 2 is 1.48 bits per heavy atom. The quantitative estimate of drug-likeness (QED) is 0.483. The predicted molar refractivity (Wildman–Crippen MR) is 106 cm³/mol. The van der Waals surface area contributed by atoms with E-state index in [2.05, 4.69) is 10.6 Å². The van der Waals surface area contributed by atoms with Crippen molar-refractivity contribution in [3.63, 3.8) is 0 Å². The number of rotatable bonds is 10. The number of benzene rings is 2. The molecule has 2 amide bonds. The third kappa shape index (κ3) is 7.50. The Labute approximate surface area is 159 Å². The van der Waals surface area contributed by atoms with Crippen molar-refractivity contribution >= 4 is 12.0 Å². The lowest BCUT2D eigenvalue weighted by atomic mass is 9.88. The van der Waals surface area contributed by atoms with Crippen LogP contribution in [0.5, 0.6) is 0 Å². The molecule has 0 aliphatic heterocycles. The Hall–Kier alpha value is -2.86. The predicted octanol–water partition coefficient (Wildman–Crippen LogP) is 2.70. The third-order valence-electron chi connectivity index (χ3n) is 4.38. The maximum atomic E-state index is 12.5. The van der Waals surface area contributed by atoms with Crippen LogP contribution in [0, 0.1) is 0 Å². The highest BCUT2D eigenvalue weighted by atomic mass is 16.4. The van der Waals surface area contributed by atoms with Crippen molar-refractivity contribution in [2.75, 3.05) is 13.1 Å². The summed E-state index contributed by atoms with van der Waals surface area (Å²) in [5, 5.41) is 13.7. The van der Waals surface area contributed by atoms with E-state index in [0.717, 1.165) is 11.1 Å². The van der Waals surface area contributed by atoms with E-state index in [4.69, 9.17) is 10.8 Å². The highest BCUT2D eigenvalue weighted by Gasteiger charge is 2.18. The minimum absolute atomic E-state index is 0.0107. The Kier molecular flexibility index (Phi) is 8.32. The molecule has 27 heavy (non-hydrogen) atoms. The molecule has 0 bridgehead atoms. The summed E-state index contributed by atoms with van der Waals surface area (Å²) < 4.78 is 0. The van der Waals surface area contributed by atoms with Gasteiger partial charge in [0.2, 0.25) is 5.91 Å². The van der Waals surface area contributed by atoms with Crippen LogP contribution in [0.15, 0.2) is 60.7 Å². The zero-order chi connectivity index (χ0) is 19.5. The van der Waals surface area contributed by atoms with Crippen LogP contribution >= 0.6 is 0 Å². The molecule has 0 saturated heterocycles. The van der Waals surface area contributed by atoms with E-state index >= 15 is 0 Å². The fraction of sp³-hybridized carbons (Fsp3) is 0.333. The van der Waals surface area contributed by atoms with E-state index in [1.54, 1.807) is 0 Å². The van der Waals surface area contributed by atoms with Crippen LogP contribution in [0.25, 0.3) is 0 Å². The molecule has 2 rings (SSSR count). The van der Waals surface area contributed by atoms with Gasteiger partial charge in [-0.1, -0.05) is 60.7 Å². The van der Waals surface area contributed by atoms with Crippen molar-refractivity contribution in [3.8, 4) is 0 Å². The van der Waals surface area contributed by atoms with Crippen LogP contribution in [0.1, 0.15) is 36.3 Å². The molecule has 2 aromatic rings. The lowest BCUT2D eigenvalue weighted by Gasteiger charge is -2.19. The van der Waals surface area contributed by atoms with Crippen molar-refractivity contribution in [1.82, 2.24) is 10.6 Å². The number of carboxylic acid groups (broad SMARTS) is 1. The molecule has 144 valence electrons. The summed E-state index contributed by atoms with van der Waals surface area (Å²) in [6, 6.07) is 19.8. The second kappa shape index (κ2) is 11.0. The topological polar surface area (TPSA) is 104 Å². The molecule has 0 aliphatic rings. The molecule has 1 atom stereocenters. The minimum atomic E-state index is -1.04. The molecule has 0 radical (unpaired) electrons. The van der Waals surface area contributed by atoms with Gasteiger partial charge in [0.05, 0.1) is 0 Å². The van der Waals surface area contributed by atoms with Gasteiger partial charge in [-0.25, -0.2) is 4.79 Å². The van der Waals surface area contributed by atoms with Crippen LogP contribution in [0.3, 0.4) is 0 Å². The molecule has 0 aliphatic carbocycles. The first kappa shape index (κ1) is 20.5. The molecule has 6 nitrogen and oxygen atoms in total.